The molecule has 0 unspecified atom stereocenters. The van der Waals surface area contributed by atoms with Crippen molar-refractivity contribution in [3.05, 3.63) is 66.2 Å². The number of carbonyl (C=O) groups excluding carboxylic acids is 1. The number of benzene rings is 2. The Morgan fingerprint density at radius 2 is 1.47 bits per heavy atom. The lowest BCUT2D eigenvalue weighted by atomic mass is 10.3. The molecule has 0 aliphatic heterocycles. The van der Waals surface area contributed by atoms with E-state index in [-0.39, 0.29) is 0 Å². The Morgan fingerprint density at radius 1 is 0.882 bits per heavy atom. The number of halogens is 2. The summed E-state index contributed by atoms with van der Waals surface area (Å²) in [6, 6.07) is 13.5. The van der Waals surface area contributed by atoms with Gasteiger partial charge >= 0.3 is 0 Å². The highest BCUT2D eigenvalue weighted by Crippen LogP contribution is 2.07. The summed E-state index contributed by atoms with van der Waals surface area (Å²) < 4.78 is 23.9. The second-order valence-corrected chi connectivity index (χ2v) is 2.98. The molecule has 2 rings (SSSR count). The third-order valence-electron chi connectivity index (χ3n) is 1.72. The molecule has 2 aromatic rings. The van der Waals surface area contributed by atoms with Gasteiger partial charge in [0.25, 0.3) is 0 Å². The van der Waals surface area contributed by atoms with Gasteiger partial charge in [-0.3, -0.25) is 0 Å². The molecule has 0 saturated heterocycles. The maximum Gasteiger partial charge on any atom is 0.240 e. The zero-order valence-corrected chi connectivity index (χ0v) is 8.81. The quantitative estimate of drug-likeness (QED) is 0.546. The number of hydrogen-bond donors (Lipinski definition) is 0. The van der Waals surface area contributed by atoms with Crippen LogP contribution in [0.3, 0.4) is 0 Å². The molecule has 0 saturated carbocycles. The van der Waals surface area contributed by atoms with Crippen LogP contribution >= 0.6 is 0 Å². The van der Waals surface area contributed by atoms with Crippen LogP contribution in [0.5, 0.6) is 0 Å². The second-order valence-electron chi connectivity index (χ2n) is 2.98. The predicted molar refractivity (Wildman–Crippen MR) is 60.6 cm³/mol. The molecule has 2 aromatic carbocycles. The summed E-state index contributed by atoms with van der Waals surface area (Å²) in [5, 5.41) is 0. The topological polar surface area (TPSA) is 29.4 Å². The fourth-order valence-corrected chi connectivity index (χ4v) is 1.02. The van der Waals surface area contributed by atoms with Crippen LogP contribution in [-0.2, 0) is 4.79 Å². The lowest BCUT2D eigenvalue weighted by molar-refractivity contribution is 0.565. The van der Waals surface area contributed by atoms with E-state index in [1.165, 1.54) is 24.3 Å². The van der Waals surface area contributed by atoms with Gasteiger partial charge in [0, 0.05) is 6.07 Å². The summed E-state index contributed by atoms with van der Waals surface area (Å²) in [5.74, 6) is -1.07. The molecular formula is C13H9F2NO. The Balaban J connectivity index is 0.000000171. The van der Waals surface area contributed by atoms with E-state index in [9.17, 15) is 13.6 Å². The fourth-order valence-electron chi connectivity index (χ4n) is 1.02. The Kier molecular flexibility index (Phi) is 5.28. The lowest BCUT2D eigenvalue weighted by Gasteiger charge is -1.84. The van der Waals surface area contributed by atoms with Crippen LogP contribution < -0.4 is 0 Å². The smallest absolute Gasteiger partial charge is 0.211 e. The lowest BCUT2D eigenvalue weighted by Crippen LogP contribution is -1.73. The molecule has 0 bridgehead atoms. The third-order valence-corrected chi connectivity index (χ3v) is 1.72. The van der Waals surface area contributed by atoms with E-state index in [4.69, 9.17) is 0 Å². The van der Waals surface area contributed by atoms with E-state index < -0.39 is 11.6 Å². The summed E-state index contributed by atoms with van der Waals surface area (Å²) >= 11 is 0. The van der Waals surface area contributed by atoms with Gasteiger partial charge in [0.05, 0.1) is 5.69 Å². The Labute approximate surface area is 97.2 Å². The van der Waals surface area contributed by atoms with Gasteiger partial charge in [0.2, 0.25) is 6.08 Å². The van der Waals surface area contributed by atoms with Gasteiger partial charge in [-0.25, -0.2) is 13.6 Å². The van der Waals surface area contributed by atoms with Crippen molar-refractivity contribution >= 4 is 11.8 Å². The first-order valence-corrected chi connectivity index (χ1v) is 4.76. The third kappa shape index (κ3) is 5.35. The predicted octanol–water partition coefficient (Wildman–Crippen LogP) is 3.62. The van der Waals surface area contributed by atoms with Crippen molar-refractivity contribution in [3.63, 3.8) is 0 Å². The van der Waals surface area contributed by atoms with Gasteiger partial charge in [-0.2, -0.15) is 4.99 Å². The van der Waals surface area contributed by atoms with E-state index >= 15 is 0 Å². The van der Waals surface area contributed by atoms with Gasteiger partial charge < -0.3 is 0 Å². The van der Waals surface area contributed by atoms with Crippen molar-refractivity contribution in [2.24, 2.45) is 4.99 Å². The highest BCUT2D eigenvalue weighted by molar-refractivity contribution is 5.47. The maximum absolute atomic E-state index is 11.9. The van der Waals surface area contributed by atoms with E-state index in [2.05, 4.69) is 4.99 Å². The van der Waals surface area contributed by atoms with E-state index in [1.54, 1.807) is 12.1 Å². The molecule has 0 heterocycles. The van der Waals surface area contributed by atoms with E-state index in [0.29, 0.717) is 5.69 Å². The molecule has 17 heavy (non-hydrogen) atoms. The number of nitrogens with zero attached hydrogens (tertiary/aromatic N) is 1. The van der Waals surface area contributed by atoms with Crippen LogP contribution in [0.25, 0.3) is 0 Å². The summed E-state index contributed by atoms with van der Waals surface area (Å²) in [7, 11) is 0. The van der Waals surface area contributed by atoms with Gasteiger partial charge in [0.1, 0.15) is 11.6 Å². The molecule has 0 atom stereocenters. The number of para-hydroxylation sites is 1. The van der Waals surface area contributed by atoms with Crippen LogP contribution in [-0.4, -0.2) is 6.08 Å². The highest BCUT2D eigenvalue weighted by Gasteiger charge is 1.88. The second kappa shape index (κ2) is 7.04. The van der Waals surface area contributed by atoms with Crippen molar-refractivity contribution in [1.82, 2.24) is 0 Å². The monoisotopic (exact) mass is 233 g/mol. The van der Waals surface area contributed by atoms with Crippen LogP contribution in [0.1, 0.15) is 0 Å². The Morgan fingerprint density at radius 3 is 1.88 bits per heavy atom. The zero-order chi connectivity index (χ0) is 12.5. The molecule has 0 spiro atoms. The van der Waals surface area contributed by atoms with Crippen LogP contribution in [0.4, 0.5) is 14.5 Å². The summed E-state index contributed by atoms with van der Waals surface area (Å²) in [4.78, 5) is 13.1. The first-order valence-electron chi connectivity index (χ1n) is 4.76. The first-order chi connectivity index (χ1) is 8.22. The highest BCUT2D eigenvalue weighted by atomic mass is 19.1. The minimum Gasteiger partial charge on any atom is -0.211 e. The molecule has 0 aliphatic rings. The molecule has 0 aromatic heterocycles. The summed E-state index contributed by atoms with van der Waals surface area (Å²) in [5.41, 5.74) is 0.646. The van der Waals surface area contributed by atoms with Crippen molar-refractivity contribution in [1.29, 1.82) is 0 Å². The molecule has 86 valence electrons. The summed E-state index contributed by atoms with van der Waals surface area (Å²) in [6.07, 6.45) is 1.46. The standard InChI is InChI=1S/C7H5NO.C6H4F2/c9-6-8-7-4-2-1-3-5-7;7-5-2-1-3-6(8)4-5/h1-5H;1-4H. The largest absolute Gasteiger partial charge is 0.240 e. The van der Waals surface area contributed by atoms with Crippen molar-refractivity contribution in [3.8, 4) is 0 Å². The van der Waals surface area contributed by atoms with Crippen molar-refractivity contribution in [2.75, 3.05) is 0 Å². The Hall–Kier alpha value is -2.32. The molecule has 0 aliphatic carbocycles. The molecule has 0 radical (unpaired) electrons. The zero-order valence-electron chi connectivity index (χ0n) is 8.81. The fraction of sp³-hybridized carbons (Fsp3) is 0. The van der Waals surface area contributed by atoms with Crippen molar-refractivity contribution in [2.45, 2.75) is 0 Å². The van der Waals surface area contributed by atoms with Gasteiger partial charge in [0.15, 0.2) is 0 Å². The van der Waals surface area contributed by atoms with Gasteiger partial charge in [-0.1, -0.05) is 24.3 Å². The number of rotatable bonds is 1. The minimum absolute atomic E-state index is 0.537. The average Bonchev–Trinajstić information content (AvgIpc) is 2.31. The number of isocyanates is 1. The number of hydrogen-bond acceptors (Lipinski definition) is 2. The normalized spacial score (nSPS) is 8.59. The van der Waals surface area contributed by atoms with Crippen LogP contribution in [0, 0.1) is 11.6 Å². The molecule has 0 fully saturated rings. The molecule has 0 N–H and O–H groups in total. The van der Waals surface area contributed by atoms with Crippen LogP contribution in [0.15, 0.2) is 59.6 Å². The van der Waals surface area contributed by atoms with Gasteiger partial charge in [-0.05, 0) is 24.3 Å². The van der Waals surface area contributed by atoms with E-state index in [0.717, 1.165) is 6.07 Å². The molecular weight excluding hydrogens is 224 g/mol. The minimum atomic E-state index is -0.537. The molecule has 4 heteroatoms. The maximum atomic E-state index is 11.9. The SMILES string of the molecule is Fc1cccc(F)c1.O=C=Nc1ccccc1. The van der Waals surface area contributed by atoms with E-state index in [1.807, 2.05) is 18.2 Å². The summed E-state index contributed by atoms with van der Waals surface area (Å²) in [6.45, 7) is 0. The number of aliphatic imine (C=N–C) groups is 1. The van der Waals surface area contributed by atoms with Crippen molar-refractivity contribution < 1.29 is 13.6 Å². The molecule has 2 nitrogen and oxygen atoms in total. The Bertz CT molecular complexity index is 491. The van der Waals surface area contributed by atoms with Gasteiger partial charge in [-0.15, -0.1) is 0 Å². The average molecular weight is 233 g/mol. The molecule has 0 amide bonds. The first kappa shape index (κ1) is 12.7. The van der Waals surface area contributed by atoms with Crippen LogP contribution in [0.2, 0.25) is 0 Å².